The highest BCUT2D eigenvalue weighted by molar-refractivity contribution is 5.69. The van der Waals surface area contributed by atoms with Crippen molar-refractivity contribution in [1.82, 2.24) is 0 Å². The fraction of sp³-hybridized carbons (Fsp3) is 0.500. The molecule has 1 unspecified atom stereocenters. The van der Waals surface area contributed by atoms with Gasteiger partial charge in [-0.05, 0) is 60.8 Å². The topological polar surface area (TPSA) is 0 Å². The molecular weight excluding hydrogens is 192 g/mol. The van der Waals surface area contributed by atoms with E-state index in [4.69, 9.17) is 0 Å². The predicted octanol–water partition coefficient (Wildman–Crippen LogP) is 4.94. The SMILES string of the molecule is C/C=C(/CC)c1cccc2c1CCC2CC. The minimum absolute atomic E-state index is 0.810. The molecule has 0 radical (unpaired) electrons. The number of allylic oxidation sites excluding steroid dienone is 2. The zero-order valence-corrected chi connectivity index (χ0v) is 10.7. The lowest BCUT2D eigenvalue weighted by Gasteiger charge is -2.12. The zero-order chi connectivity index (χ0) is 11.5. The van der Waals surface area contributed by atoms with Crippen molar-refractivity contribution >= 4 is 5.57 Å². The highest BCUT2D eigenvalue weighted by atomic mass is 14.3. The Kier molecular flexibility index (Phi) is 3.48. The van der Waals surface area contributed by atoms with Crippen LogP contribution in [0.3, 0.4) is 0 Å². The normalized spacial score (nSPS) is 19.9. The number of hydrogen-bond acceptors (Lipinski definition) is 0. The van der Waals surface area contributed by atoms with Gasteiger partial charge in [-0.1, -0.05) is 38.1 Å². The monoisotopic (exact) mass is 214 g/mol. The third kappa shape index (κ3) is 1.81. The summed E-state index contributed by atoms with van der Waals surface area (Å²) >= 11 is 0. The largest absolute Gasteiger partial charge is 0.0838 e. The van der Waals surface area contributed by atoms with Gasteiger partial charge in [-0.15, -0.1) is 0 Å². The minimum atomic E-state index is 0.810. The third-order valence-electron chi connectivity index (χ3n) is 3.96. The van der Waals surface area contributed by atoms with E-state index in [0.717, 1.165) is 12.3 Å². The molecule has 16 heavy (non-hydrogen) atoms. The van der Waals surface area contributed by atoms with Crippen molar-refractivity contribution in [3.05, 3.63) is 41.0 Å². The Hall–Kier alpha value is -1.04. The van der Waals surface area contributed by atoms with Gasteiger partial charge in [0.25, 0.3) is 0 Å². The van der Waals surface area contributed by atoms with E-state index in [2.05, 4.69) is 45.0 Å². The van der Waals surface area contributed by atoms with Crippen LogP contribution in [0, 0.1) is 0 Å². The summed E-state index contributed by atoms with van der Waals surface area (Å²) in [5.74, 6) is 0.810. The van der Waals surface area contributed by atoms with Gasteiger partial charge in [0, 0.05) is 0 Å². The molecule has 1 aromatic carbocycles. The van der Waals surface area contributed by atoms with Crippen LogP contribution in [-0.2, 0) is 6.42 Å². The average Bonchev–Trinajstić information content (AvgIpc) is 2.74. The molecule has 0 amide bonds. The van der Waals surface area contributed by atoms with Crippen molar-refractivity contribution < 1.29 is 0 Å². The van der Waals surface area contributed by atoms with E-state index in [1.807, 2.05) is 0 Å². The first-order valence-corrected chi connectivity index (χ1v) is 6.59. The fourth-order valence-electron chi connectivity index (χ4n) is 3.02. The van der Waals surface area contributed by atoms with E-state index in [1.165, 1.54) is 30.4 Å². The summed E-state index contributed by atoms with van der Waals surface area (Å²) in [7, 11) is 0. The minimum Gasteiger partial charge on any atom is -0.0838 e. The van der Waals surface area contributed by atoms with Crippen LogP contribution in [0.2, 0.25) is 0 Å². The molecule has 0 saturated heterocycles. The number of rotatable bonds is 3. The third-order valence-corrected chi connectivity index (χ3v) is 3.96. The van der Waals surface area contributed by atoms with Crippen molar-refractivity contribution in [2.75, 3.05) is 0 Å². The standard InChI is InChI=1S/C16H22/c1-4-12(5-2)14-8-7-9-15-13(6-3)10-11-16(14)15/h4,7-9,13H,5-6,10-11H2,1-3H3/b12-4-. The smallest absolute Gasteiger partial charge is 0.0158 e. The van der Waals surface area contributed by atoms with Gasteiger partial charge in [0.2, 0.25) is 0 Å². The molecule has 2 rings (SSSR count). The van der Waals surface area contributed by atoms with Gasteiger partial charge in [-0.25, -0.2) is 0 Å². The van der Waals surface area contributed by atoms with E-state index in [0.29, 0.717) is 0 Å². The number of fused-ring (bicyclic) bond motifs is 1. The predicted molar refractivity (Wildman–Crippen MR) is 71.7 cm³/mol. The molecule has 0 heteroatoms. The second-order valence-corrected chi connectivity index (χ2v) is 4.68. The molecule has 0 saturated carbocycles. The van der Waals surface area contributed by atoms with Crippen LogP contribution < -0.4 is 0 Å². The van der Waals surface area contributed by atoms with Gasteiger partial charge in [0.1, 0.15) is 0 Å². The Morgan fingerprint density at radius 2 is 2.19 bits per heavy atom. The highest BCUT2D eigenvalue weighted by Gasteiger charge is 2.23. The van der Waals surface area contributed by atoms with Crippen LogP contribution in [0.4, 0.5) is 0 Å². The summed E-state index contributed by atoms with van der Waals surface area (Å²) in [6, 6.07) is 6.87. The summed E-state index contributed by atoms with van der Waals surface area (Å²) in [5.41, 5.74) is 6.27. The lowest BCUT2D eigenvalue weighted by atomic mass is 9.92. The highest BCUT2D eigenvalue weighted by Crippen LogP contribution is 2.39. The van der Waals surface area contributed by atoms with Gasteiger partial charge in [0.05, 0.1) is 0 Å². The van der Waals surface area contributed by atoms with Crippen molar-refractivity contribution in [3.8, 4) is 0 Å². The van der Waals surface area contributed by atoms with Gasteiger partial charge in [-0.2, -0.15) is 0 Å². The van der Waals surface area contributed by atoms with Crippen LogP contribution >= 0.6 is 0 Å². The van der Waals surface area contributed by atoms with E-state index >= 15 is 0 Å². The maximum atomic E-state index is 2.34. The lowest BCUT2D eigenvalue weighted by molar-refractivity contribution is 0.656. The summed E-state index contributed by atoms with van der Waals surface area (Å²) in [4.78, 5) is 0. The summed E-state index contributed by atoms with van der Waals surface area (Å²) in [6.07, 6.45) is 7.33. The molecule has 0 aromatic heterocycles. The van der Waals surface area contributed by atoms with E-state index in [-0.39, 0.29) is 0 Å². The molecule has 0 N–H and O–H groups in total. The van der Waals surface area contributed by atoms with Gasteiger partial charge in [-0.3, -0.25) is 0 Å². The van der Waals surface area contributed by atoms with E-state index in [1.54, 1.807) is 11.1 Å². The van der Waals surface area contributed by atoms with E-state index in [9.17, 15) is 0 Å². The summed E-state index contributed by atoms with van der Waals surface area (Å²) < 4.78 is 0. The van der Waals surface area contributed by atoms with Gasteiger partial charge < -0.3 is 0 Å². The molecule has 0 aliphatic heterocycles. The van der Waals surface area contributed by atoms with Crippen molar-refractivity contribution in [3.63, 3.8) is 0 Å². The average molecular weight is 214 g/mol. The molecule has 0 bridgehead atoms. The molecule has 0 spiro atoms. The van der Waals surface area contributed by atoms with Crippen molar-refractivity contribution in [2.45, 2.75) is 52.4 Å². The molecule has 1 aliphatic carbocycles. The van der Waals surface area contributed by atoms with Crippen molar-refractivity contribution in [1.29, 1.82) is 0 Å². The molecule has 86 valence electrons. The maximum Gasteiger partial charge on any atom is -0.0158 e. The fourth-order valence-corrected chi connectivity index (χ4v) is 3.02. The second kappa shape index (κ2) is 4.86. The Balaban J connectivity index is 2.47. The van der Waals surface area contributed by atoms with Crippen LogP contribution in [-0.4, -0.2) is 0 Å². The lowest BCUT2D eigenvalue weighted by Crippen LogP contribution is -1.94. The Morgan fingerprint density at radius 3 is 2.81 bits per heavy atom. The van der Waals surface area contributed by atoms with Crippen LogP contribution in [0.1, 0.15) is 62.6 Å². The van der Waals surface area contributed by atoms with Crippen LogP contribution in [0.5, 0.6) is 0 Å². The molecule has 1 aliphatic rings. The second-order valence-electron chi connectivity index (χ2n) is 4.68. The van der Waals surface area contributed by atoms with Crippen molar-refractivity contribution in [2.24, 2.45) is 0 Å². The summed E-state index contributed by atoms with van der Waals surface area (Å²) in [6.45, 7) is 6.72. The molecule has 0 heterocycles. The van der Waals surface area contributed by atoms with Crippen LogP contribution in [0.25, 0.3) is 5.57 Å². The molecule has 0 nitrogen and oxygen atoms in total. The summed E-state index contributed by atoms with van der Waals surface area (Å²) in [5, 5.41) is 0. The van der Waals surface area contributed by atoms with Gasteiger partial charge in [0.15, 0.2) is 0 Å². The first kappa shape index (κ1) is 11.4. The Bertz CT molecular complexity index is 398. The zero-order valence-electron chi connectivity index (χ0n) is 10.7. The first-order valence-electron chi connectivity index (χ1n) is 6.59. The van der Waals surface area contributed by atoms with Gasteiger partial charge >= 0.3 is 0 Å². The molecule has 1 atom stereocenters. The molecule has 0 fully saturated rings. The molecule has 1 aromatic rings. The number of benzene rings is 1. The first-order chi connectivity index (χ1) is 7.81. The Morgan fingerprint density at radius 1 is 1.38 bits per heavy atom. The quantitative estimate of drug-likeness (QED) is 0.668. The van der Waals surface area contributed by atoms with Crippen LogP contribution in [0.15, 0.2) is 24.3 Å². The number of hydrogen-bond donors (Lipinski definition) is 0. The molecular formula is C16H22. The van der Waals surface area contributed by atoms with E-state index < -0.39 is 0 Å². The maximum absolute atomic E-state index is 2.34. The Labute approximate surface area is 99.4 Å².